The molecule has 0 bridgehead atoms. The summed E-state index contributed by atoms with van der Waals surface area (Å²) in [5, 5.41) is 7.99. The maximum Gasteiger partial charge on any atom is 0.265 e. The largest absolute Gasteiger partial charge is 0.479 e. The predicted molar refractivity (Wildman–Crippen MR) is 101 cm³/mol. The van der Waals surface area contributed by atoms with Crippen LogP contribution >= 0.6 is 11.3 Å². The second kappa shape index (κ2) is 6.61. The summed E-state index contributed by atoms with van der Waals surface area (Å²) in [6, 6.07) is 14.5. The van der Waals surface area contributed by atoms with E-state index >= 15 is 0 Å². The molecule has 2 heterocycles. The van der Waals surface area contributed by atoms with Crippen LogP contribution in [0.15, 0.2) is 53.9 Å². The van der Waals surface area contributed by atoms with Crippen LogP contribution in [0.3, 0.4) is 0 Å². The van der Waals surface area contributed by atoms with Gasteiger partial charge in [0.1, 0.15) is 5.75 Å². The number of aromatic nitrogens is 1. The number of fused-ring (bicyclic) bond motifs is 1. The van der Waals surface area contributed by atoms with Crippen LogP contribution in [0, 0.1) is 0 Å². The summed E-state index contributed by atoms with van der Waals surface area (Å²) in [4.78, 5) is 28.4. The monoisotopic (exact) mass is 365 g/mol. The number of rotatable bonds is 3. The van der Waals surface area contributed by atoms with Crippen molar-refractivity contribution in [1.82, 2.24) is 4.98 Å². The normalized spacial score (nSPS) is 15.6. The SMILES string of the molecule is C[C@H]1Oc2ccc(-c3csc(NC(=O)c4ccccc4)n3)cc2NC1=O. The standard InChI is InChI=1S/C19H15N3O3S/c1-11-17(23)20-14-9-13(7-8-16(14)25-11)15-10-26-19(21-15)22-18(24)12-5-3-2-4-6-12/h2-11H,1H3,(H,20,23)(H,21,22,24)/t11-/m1/s1. The first-order valence-corrected chi connectivity index (χ1v) is 8.92. The minimum atomic E-state index is -0.507. The Kier molecular flexibility index (Phi) is 4.14. The Balaban J connectivity index is 1.54. The van der Waals surface area contributed by atoms with E-state index in [4.69, 9.17) is 4.74 Å². The van der Waals surface area contributed by atoms with Crippen molar-refractivity contribution in [2.24, 2.45) is 0 Å². The zero-order valence-corrected chi connectivity index (χ0v) is 14.7. The molecule has 3 aromatic rings. The molecule has 130 valence electrons. The molecule has 2 N–H and O–H groups in total. The van der Waals surface area contributed by atoms with Crippen LogP contribution in [0.1, 0.15) is 17.3 Å². The third-order valence-electron chi connectivity index (χ3n) is 3.97. The number of ether oxygens (including phenoxy) is 1. The minimum absolute atomic E-state index is 0.177. The number of benzene rings is 2. The van der Waals surface area contributed by atoms with Crippen molar-refractivity contribution >= 4 is 34.0 Å². The van der Waals surface area contributed by atoms with Gasteiger partial charge in [0, 0.05) is 16.5 Å². The lowest BCUT2D eigenvalue weighted by Crippen LogP contribution is -2.34. The van der Waals surface area contributed by atoms with Gasteiger partial charge in [0.2, 0.25) is 0 Å². The van der Waals surface area contributed by atoms with Crippen molar-refractivity contribution in [3.63, 3.8) is 0 Å². The fourth-order valence-electron chi connectivity index (χ4n) is 2.59. The van der Waals surface area contributed by atoms with Crippen LogP contribution in [0.4, 0.5) is 10.8 Å². The van der Waals surface area contributed by atoms with Gasteiger partial charge >= 0.3 is 0 Å². The second-order valence-corrected chi connectivity index (χ2v) is 6.68. The lowest BCUT2D eigenvalue weighted by molar-refractivity contribution is -0.122. The number of nitrogens with one attached hydrogen (secondary N) is 2. The zero-order valence-electron chi connectivity index (χ0n) is 13.9. The number of carbonyl (C=O) groups excluding carboxylic acids is 2. The van der Waals surface area contributed by atoms with E-state index in [1.165, 1.54) is 11.3 Å². The van der Waals surface area contributed by atoms with Gasteiger partial charge in [-0.2, -0.15) is 0 Å². The molecule has 2 aromatic carbocycles. The van der Waals surface area contributed by atoms with E-state index in [-0.39, 0.29) is 11.8 Å². The Morgan fingerprint density at radius 1 is 1.23 bits per heavy atom. The molecule has 0 spiro atoms. The van der Waals surface area contributed by atoms with E-state index in [1.54, 1.807) is 19.1 Å². The average molecular weight is 365 g/mol. The maximum atomic E-state index is 12.2. The number of hydrogen-bond acceptors (Lipinski definition) is 5. The Hall–Kier alpha value is -3.19. The van der Waals surface area contributed by atoms with Gasteiger partial charge in [-0.3, -0.25) is 14.9 Å². The number of carbonyl (C=O) groups is 2. The fourth-order valence-corrected chi connectivity index (χ4v) is 3.31. The van der Waals surface area contributed by atoms with Gasteiger partial charge in [-0.1, -0.05) is 18.2 Å². The molecule has 0 saturated heterocycles. The molecule has 0 aliphatic carbocycles. The first kappa shape index (κ1) is 16.3. The Bertz CT molecular complexity index is 985. The minimum Gasteiger partial charge on any atom is -0.479 e. The van der Waals surface area contributed by atoms with Gasteiger partial charge in [-0.15, -0.1) is 11.3 Å². The third-order valence-corrected chi connectivity index (χ3v) is 4.72. The highest BCUT2D eigenvalue weighted by molar-refractivity contribution is 7.14. The van der Waals surface area contributed by atoms with Crippen molar-refractivity contribution < 1.29 is 14.3 Å². The fraction of sp³-hybridized carbons (Fsp3) is 0.105. The first-order chi connectivity index (χ1) is 12.6. The molecule has 0 unspecified atom stereocenters. The molecule has 7 heteroatoms. The first-order valence-electron chi connectivity index (χ1n) is 8.04. The van der Waals surface area contributed by atoms with Gasteiger partial charge in [0.25, 0.3) is 11.8 Å². The Morgan fingerprint density at radius 2 is 2.04 bits per heavy atom. The van der Waals surface area contributed by atoms with Gasteiger partial charge < -0.3 is 10.1 Å². The molecule has 0 saturated carbocycles. The molecule has 1 atom stereocenters. The Morgan fingerprint density at radius 3 is 2.85 bits per heavy atom. The smallest absolute Gasteiger partial charge is 0.265 e. The van der Waals surface area contributed by atoms with E-state index in [9.17, 15) is 9.59 Å². The number of nitrogens with zero attached hydrogens (tertiary/aromatic N) is 1. The van der Waals surface area contributed by atoms with Gasteiger partial charge in [0.15, 0.2) is 11.2 Å². The molecule has 1 aliphatic rings. The van der Waals surface area contributed by atoms with Crippen molar-refractivity contribution in [1.29, 1.82) is 0 Å². The molecule has 0 radical (unpaired) electrons. The van der Waals surface area contributed by atoms with E-state index in [1.807, 2.05) is 41.8 Å². The molecule has 1 aliphatic heterocycles. The lowest BCUT2D eigenvalue weighted by atomic mass is 10.1. The van der Waals surface area contributed by atoms with Crippen molar-refractivity contribution in [3.05, 3.63) is 59.5 Å². The summed E-state index contributed by atoms with van der Waals surface area (Å²) in [6.45, 7) is 1.70. The number of hydrogen-bond donors (Lipinski definition) is 2. The van der Waals surface area contributed by atoms with Crippen LogP contribution in [-0.4, -0.2) is 22.9 Å². The summed E-state index contributed by atoms with van der Waals surface area (Å²) < 4.78 is 5.55. The Labute approximate surface area is 153 Å². The summed E-state index contributed by atoms with van der Waals surface area (Å²) in [6.07, 6.45) is -0.507. The van der Waals surface area contributed by atoms with E-state index in [0.29, 0.717) is 27.8 Å². The van der Waals surface area contributed by atoms with Crippen LogP contribution in [0.2, 0.25) is 0 Å². The molecular weight excluding hydrogens is 350 g/mol. The second-order valence-electron chi connectivity index (χ2n) is 5.82. The molecule has 6 nitrogen and oxygen atoms in total. The highest BCUT2D eigenvalue weighted by Crippen LogP contribution is 2.34. The van der Waals surface area contributed by atoms with Crippen LogP contribution in [0.25, 0.3) is 11.3 Å². The van der Waals surface area contributed by atoms with E-state index < -0.39 is 6.10 Å². The predicted octanol–water partition coefficient (Wildman–Crippen LogP) is 3.78. The summed E-state index contributed by atoms with van der Waals surface area (Å²) in [7, 11) is 0. The summed E-state index contributed by atoms with van der Waals surface area (Å²) in [5.74, 6) is 0.254. The average Bonchev–Trinajstić information content (AvgIpc) is 3.11. The van der Waals surface area contributed by atoms with Gasteiger partial charge in [-0.05, 0) is 37.3 Å². The third kappa shape index (κ3) is 3.16. The lowest BCUT2D eigenvalue weighted by Gasteiger charge is -2.23. The molecular formula is C19H15N3O3S. The molecule has 0 fully saturated rings. The number of thiazole rings is 1. The highest BCUT2D eigenvalue weighted by atomic mass is 32.1. The highest BCUT2D eigenvalue weighted by Gasteiger charge is 2.23. The van der Waals surface area contributed by atoms with Crippen LogP contribution in [0.5, 0.6) is 5.75 Å². The van der Waals surface area contributed by atoms with Crippen molar-refractivity contribution in [3.8, 4) is 17.0 Å². The topological polar surface area (TPSA) is 80.3 Å². The van der Waals surface area contributed by atoms with Crippen molar-refractivity contribution in [2.75, 3.05) is 10.6 Å². The number of amides is 2. The molecule has 1 aromatic heterocycles. The van der Waals surface area contributed by atoms with E-state index in [0.717, 1.165) is 5.56 Å². The molecule has 2 amide bonds. The van der Waals surface area contributed by atoms with Gasteiger partial charge in [-0.25, -0.2) is 4.98 Å². The van der Waals surface area contributed by atoms with Crippen molar-refractivity contribution in [2.45, 2.75) is 13.0 Å². The molecule has 4 rings (SSSR count). The quantitative estimate of drug-likeness (QED) is 0.740. The van der Waals surface area contributed by atoms with E-state index in [2.05, 4.69) is 15.6 Å². The van der Waals surface area contributed by atoms with Crippen LogP contribution < -0.4 is 15.4 Å². The molecule has 26 heavy (non-hydrogen) atoms. The zero-order chi connectivity index (χ0) is 18.1. The number of anilines is 2. The van der Waals surface area contributed by atoms with Gasteiger partial charge in [0.05, 0.1) is 11.4 Å². The summed E-state index contributed by atoms with van der Waals surface area (Å²) >= 11 is 1.34. The summed E-state index contributed by atoms with van der Waals surface area (Å²) in [5.41, 5.74) is 2.74. The van der Waals surface area contributed by atoms with Crippen LogP contribution in [-0.2, 0) is 4.79 Å². The maximum absolute atomic E-state index is 12.2.